The van der Waals surface area contributed by atoms with E-state index in [2.05, 4.69) is 62.6 Å². The van der Waals surface area contributed by atoms with E-state index in [0.717, 1.165) is 0 Å². The third kappa shape index (κ3) is 2.20. The van der Waals surface area contributed by atoms with Crippen LogP contribution in [0.5, 0.6) is 0 Å². The van der Waals surface area contributed by atoms with Crippen LogP contribution in [0.15, 0.2) is 41.4 Å². The van der Waals surface area contributed by atoms with Crippen LogP contribution in [0.4, 0.5) is 5.69 Å². The molecular formula is C13H17NS. The lowest BCUT2D eigenvalue weighted by atomic mass is 9.90. The number of hydrogen-bond donors (Lipinski definition) is 1. The van der Waals surface area contributed by atoms with Crippen molar-refractivity contribution in [2.45, 2.75) is 30.9 Å². The first-order valence-corrected chi connectivity index (χ1v) is 6.17. The molecule has 2 rings (SSSR count). The van der Waals surface area contributed by atoms with Crippen molar-refractivity contribution in [2.75, 3.05) is 5.32 Å². The van der Waals surface area contributed by atoms with Crippen molar-refractivity contribution in [1.29, 1.82) is 0 Å². The fraction of sp³-hybridized carbons (Fsp3) is 0.385. The maximum absolute atomic E-state index is 3.34. The van der Waals surface area contributed by atoms with Crippen LogP contribution < -0.4 is 5.32 Å². The lowest BCUT2D eigenvalue weighted by molar-refractivity contribution is 0.475. The second-order valence-electron chi connectivity index (χ2n) is 4.56. The van der Waals surface area contributed by atoms with Crippen molar-refractivity contribution in [3.05, 3.63) is 36.5 Å². The van der Waals surface area contributed by atoms with Crippen LogP contribution in [-0.4, -0.2) is 5.25 Å². The minimum absolute atomic E-state index is 0.227. The van der Waals surface area contributed by atoms with Gasteiger partial charge in [-0.1, -0.05) is 39.0 Å². The molecule has 1 aliphatic rings. The molecule has 1 atom stereocenters. The average molecular weight is 219 g/mol. The van der Waals surface area contributed by atoms with E-state index in [1.54, 1.807) is 0 Å². The summed E-state index contributed by atoms with van der Waals surface area (Å²) in [6, 6.07) is 8.46. The molecule has 1 aromatic carbocycles. The molecule has 0 aromatic heterocycles. The summed E-state index contributed by atoms with van der Waals surface area (Å²) >= 11 is 1.94. The number of para-hydroxylation sites is 1. The van der Waals surface area contributed by atoms with E-state index >= 15 is 0 Å². The molecule has 15 heavy (non-hydrogen) atoms. The molecule has 1 nitrogen and oxygen atoms in total. The van der Waals surface area contributed by atoms with E-state index in [9.17, 15) is 0 Å². The molecule has 1 aromatic rings. The van der Waals surface area contributed by atoms with Crippen LogP contribution in [0.25, 0.3) is 0 Å². The highest BCUT2D eigenvalue weighted by Crippen LogP contribution is 2.40. The Morgan fingerprint density at radius 1 is 1.27 bits per heavy atom. The van der Waals surface area contributed by atoms with Crippen LogP contribution in [0, 0.1) is 5.41 Å². The highest BCUT2D eigenvalue weighted by molar-refractivity contribution is 8.00. The normalized spacial score (nSPS) is 25.7. The van der Waals surface area contributed by atoms with Gasteiger partial charge in [-0.15, -0.1) is 11.8 Å². The van der Waals surface area contributed by atoms with Crippen molar-refractivity contribution in [1.82, 2.24) is 0 Å². The van der Waals surface area contributed by atoms with E-state index in [1.165, 1.54) is 10.6 Å². The fourth-order valence-electron chi connectivity index (χ4n) is 1.51. The van der Waals surface area contributed by atoms with Gasteiger partial charge in [-0.25, -0.2) is 0 Å². The summed E-state index contributed by atoms with van der Waals surface area (Å²) in [6.07, 6.45) is 4.32. The highest BCUT2D eigenvalue weighted by atomic mass is 32.2. The molecule has 0 unspecified atom stereocenters. The van der Waals surface area contributed by atoms with Gasteiger partial charge in [0.05, 0.1) is 5.69 Å². The van der Waals surface area contributed by atoms with E-state index in [-0.39, 0.29) is 5.41 Å². The van der Waals surface area contributed by atoms with E-state index in [4.69, 9.17) is 0 Å². The highest BCUT2D eigenvalue weighted by Gasteiger charge is 2.25. The quantitative estimate of drug-likeness (QED) is 0.704. The summed E-state index contributed by atoms with van der Waals surface area (Å²) in [6.45, 7) is 6.84. The van der Waals surface area contributed by atoms with Crippen LogP contribution in [0.3, 0.4) is 0 Å². The molecule has 0 bridgehead atoms. The Bertz CT molecular complexity index is 382. The summed E-state index contributed by atoms with van der Waals surface area (Å²) in [5.41, 5.74) is 1.44. The fourth-order valence-corrected chi connectivity index (χ4v) is 2.69. The molecule has 80 valence electrons. The standard InChI is InChI=1S/C13H17NS/c1-10-13(2,3)8-9-14-11-6-4-5-7-12(11)15-10/h4-10,14H,1-3H3/b9-8+/t10-/m1/s1. The summed E-state index contributed by atoms with van der Waals surface area (Å²) in [5.74, 6) is 0. The first kappa shape index (κ1) is 10.6. The Morgan fingerprint density at radius 3 is 2.80 bits per heavy atom. The Morgan fingerprint density at radius 2 is 2.00 bits per heavy atom. The summed E-state index contributed by atoms with van der Waals surface area (Å²) in [4.78, 5) is 1.34. The molecule has 0 saturated heterocycles. The molecule has 0 saturated carbocycles. The van der Waals surface area contributed by atoms with Crippen molar-refractivity contribution in [3.63, 3.8) is 0 Å². The van der Waals surface area contributed by atoms with Crippen molar-refractivity contribution in [3.8, 4) is 0 Å². The van der Waals surface area contributed by atoms with E-state index in [0.29, 0.717) is 5.25 Å². The lowest BCUT2D eigenvalue weighted by Crippen LogP contribution is -2.22. The van der Waals surface area contributed by atoms with Crippen molar-refractivity contribution in [2.24, 2.45) is 5.41 Å². The molecule has 0 amide bonds. The second kappa shape index (κ2) is 3.93. The molecule has 1 heterocycles. The van der Waals surface area contributed by atoms with Gasteiger partial charge in [0.2, 0.25) is 0 Å². The zero-order valence-electron chi connectivity index (χ0n) is 9.45. The first-order chi connectivity index (χ1) is 7.09. The summed E-state index contributed by atoms with van der Waals surface area (Å²) < 4.78 is 0. The third-order valence-electron chi connectivity index (χ3n) is 2.99. The van der Waals surface area contributed by atoms with Gasteiger partial charge in [0, 0.05) is 10.1 Å². The number of benzene rings is 1. The SMILES string of the molecule is C[C@H]1Sc2ccccc2N/C=C/C1(C)C. The predicted molar refractivity (Wildman–Crippen MR) is 68.3 cm³/mol. The Hall–Kier alpha value is -0.890. The van der Waals surface area contributed by atoms with Gasteiger partial charge in [-0.05, 0) is 23.7 Å². The summed E-state index contributed by atoms with van der Waals surface area (Å²) in [5, 5.41) is 3.92. The molecule has 1 aliphatic heterocycles. The largest absolute Gasteiger partial charge is 0.361 e. The van der Waals surface area contributed by atoms with Gasteiger partial charge in [0.1, 0.15) is 0 Å². The van der Waals surface area contributed by atoms with Crippen LogP contribution in [0.2, 0.25) is 0 Å². The van der Waals surface area contributed by atoms with E-state index < -0.39 is 0 Å². The number of allylic oxidation sites excluding steroid dienone is 1. The molecule has 0 aliphatic carbocycles. The monoisotopic (exact) mass is 219 g/mol. The number of fused-ring (bicyclic) bond motifs is 1. The lowest BCUT2D eigenvalue weighted by Gasteiger charge is -2.30. The minimum Gasteiger partial charge on any atom is -0.361 e. The maximum atomic E-state index is 3.34. The number of nitrogens with one attached hydrogen (secondary N) is 1. The summed E-state index contributed by atoms with van der Waals surface area (Å²) in [7, 11) is 0. The van der Waals surface area contributed by atoms with Gasteiger partial charge in [0.15, 0.2) is 0 Å². The predicted octanol–water partition coefficient (Wildman–Crippen LogP) is 4.13. The number of thioether (sulfide) groups is 1. The molecular weight excluding hydrogens is 202 g/mol. The van der Waals surface area contributed by atoms with Gasteiger partial charge >= 0.3 is 0 Å². The minimum atomic E-state index is 0.227. The molecule has 0 spiro atoms. The molecule has 0 fully saturated rings. The van der Waals surface area contributed by atoms with Crippen LogP contribution in [0.1, 0.15) is 20.8 Å². The Kier molecular flexibility index (Phi) is 2.79. The van der Waals surface area contributed by atoms with Gasteiger partial charge in [-0.3, -0.25) is 0 Å². The van der Waals surface area contributed by atoms with Crippen LogP contribution in [-0.2, 0) is 0 Å². The third-order valence-corrected chi connectivity index (χ3v) is 4.56. The number of hydrogen-bond acceptors (Lipinski definition) is 2. The molecule has 2 heteroatoms. The zero-order valence-corrected chi connectivity index (χ0v) is 10.3. The van der Waals surface area contributed by atoms with Gasteiger partial charge in [0.25, 0.3) is 0 Å². The topological polar surface area (TPSA) is 12.0 Å². The van der Waals surface area contributed by atoms with Crippen LogP contribution >= 0.6 is 11.8 Å². The second-order valence-corrected chi connectivity index (χ2v) is 5.94. The van der Waals surface area contributed by atoms with Crippen molar-refractivity contribution >= 4 is 17.4 Å². The number of rotatable bonds is 0. The average Bonchev–Trinajstić information content (AvgIpc) is 2.18. The first-order valence-electron chi connectivity index (χ1n) is 5.29. The maximum Gasteiger partial charge on any atom is 0.0517 e. The van der Waals surface area contributed by atoms with Gasteiger partial charge in [-0.2, -0.15) is 0 Å². The van der Waals surface area contributed by atoms with Gasteiger partial charge < -0.3 is 5.32 Å². The molecule has 1 N–H and O–H groups in total. The Balaban J connectivity index is 2.37. The Labute approximate surface area is 96.0 Å². The molecule has 0 radical (unpaired) electrons. The zero-order chi connectivity index (χ0) is 10.9. The number of anilines is 1. The smallest absolute Gasteiger partial charge is 0.0517 e. The van der Waals surface area contributed by atoms with Crippen molar-refractivity contribution < 1.29 is 0 Å². The van der Waals surface area contributed by atoms with E-state index in [1.807, 2.05) is 11.8 Å².